The number of anilines is 3. The van der Waals surface area contributed by atoms with Crippen LogP contribution in [0.2, 0.25) is 0 Å². The minimum Gasteiger partial charge on any atom is -0.456 e. The lowest BCUT2D eigenvalue weighted by molar-refractivity contribution is 0.488. The molecule has 0 spiro atoms. The molecule has 2 aliphatic rings. The number of rotatable bonds is 4. The molecule has 0 bridgehead atoms. The summed E-state index contributed by atoms with van der Waals surface area (Å²) in [5.41, 5.74) is 15.4. The standard InChI is InChI=1S/C49H35NO/c1-49(2)44-18-10-8-16-39(44)40-28-25-36(30-45(40)49)50(35-23-20-33(21-24-35)32-12-4-3-5-13-32)37-26-29-41-42-27-22-34-14-6-7-15-38(34)48(42)43-17-9-11-19-46(43)51-47(41)31-37/h3-31H,1-2H3. The van der Waals surface area contributed by atoms with Gasteiger partial charge in [0.25, 0.3) is 0 Å². The molecule has 0 fully saturated rings. The zero-order chi connectivity index (χ0) is 34.1. The van der Waals surface area contributed by atoms with E-state index < -0.39 is 0 Å². The van der Waals surface area contributed by atoms with Crippen LogP contribution in [0.3, 0.4) is 0 Å². The van der Waals surface area contributed by atoms with Crippen LogP contribution in [0.4, 0.5) is 17.1 Å². The van der Waals surface area contributed by atoms with E-state index in [1.807, 2.05) is 0 Å². The van der Waals surface area contributed by atoms with Crippen molar-refractivity contribution in [3.05, 3.63) is 187 Å². The lowest BCUT2D eigenvalue weighted by atomic mass is 9.82. The van der Waals surface area contributed by atoms with Crippen LogP contribution < -0.4 is 9.64 Å². The summed E-state index contributed by atoms with van der Waals surface area (Å²) in [5, 5.41) is 2.45. The minimum absolute atomic E-state index is 0.113. The quantitative estimate of drug-likeness (QED) is 0.187. The van der Waals surface area contributed by atoms with E-state index in [9.17, 15) is 0 Å². The first-order valence-corrected chi connectivity index (χ1v) is 17.7. The highest BCUT2D eigenvalue weighted by Crippen LogP contribution is 2.53. The normalized spacial score (nSPS) is 13.2. The first kappa shape index (κ1) is 29.5. The van der Waals surface area contributed by atoms with Gasteiger partial charge in [-0.25, -0.2) is 0 Å². The van der Waals surface area contributed by atoms with Gasteiger partial charge in [0, 0.05) is 45.2 Å². The lowest BCUT2D eigenvalue weighted by Gasteiger charge is -2.29. The summed E-state index contributed by atoms with van der Waals surface area (Å²) in [6, 6.07) is 63.5. The Morgan fingerprint density at radius 2 is 1.02 bits per heavy atom. The second kappa shape index (κ2) is 11.3. The van der Waals surface area contributed by atoms with Gasteiger partial charge in [0.1, 0.15) is 11.5 Å². The summed E-state index contributed by atoms with van der Waals surface area (Å²) < 4.78 is 6.90. The van der Waals surface area contributed by atoms with Crippen molar-refractivity contribution in [3.8, 4) is 56.0 Å². The van der Waals surface area contributed by atoms with E-state index in [1.165, 1.54) is 55.3 Å². The number of hydrogen-bond acceptors (Lipinski definition) is 2. The molecule has 0 atom stereocenters. The van der Waals surface area contributed by atoms with Gasteiger partial charge >= 0.3 is 0 Å². The fourth-order valence-corrected chi connectivity index (χ4v) is 8.34. The van der Waals surface area contributed by atoms with Crippen molar-refractivity contribution in [2.24, 2.45) is 0 Å². The summed E-state index contributed by atoms with van der Waals surface area (Å²) in [6.07, 6.45) is 0. The fourth-order valence-electron chi connectivity index (χ4n) is 8.34. The number of nitrogens with zero attached hydrogens (tertiary/aromatic N) is 1. The maximum absolute atomic E-state index is 6.90. The summed E-state index contributed by atoms with van der Waals surface area (Å²) >= 11 is 0. The average molecular weight is 654 g/mol. The van der Waals surface area contributed by atoms with Gasteiger partial charge in [-0.1, -0.05) is 141 Å². The molecule has 2 nitrogen and oxygen atoms in total. The number of fused-ring (bicyclic) bond motifs is 10. The predicted octanol–water partition coefficient (Wildman–Crippen LogP) is 13.7. The van der Waals surface area contributed by atoms with E-state index in [-0.39, 0.29) is 5.41 Å². The smallest absolute Gasteiger partial charge is 0.137 e. The molecule has 242 valence electrons. The molecule has 1 aliphatic heterocycles. The molecule has 0 unspecified atom stereocenters. The molecule has 10 rings (SSSR count). The highest BCUT2D eigenvalue weighted by molar-refractivity contribution is 6.07. The molecule has 1 heterocycles. The molecule has 0 aromatic heterocycles. The largest absolute Gasteiger partial charge is 0.456 e. The van der Waals surface area contributed by atoms with Crippen LogP contribution in [-0.2, 0) is 5.41 Å². The Hall–Kier alpha value is -6.38. The summed E-state index contributed by atoms with van der Waals surface area (Å²) in [7, 11) is 0. The summed E-state index contributed by atoms with van der Waals surface area (Å²) in [5.74, 6) is 1.70. The third-order valence-corrected chi connectivity index (χ3v) is 10.9. The average Bonchev–Trinajstić information content (AvgIpc) is 3.31. The maximum atomic E-state index is 6.90. The Bertz CT molecular complexity index is 2630. The van der Waals surface area contributed by atoms with Crippen LogP contribution in [0.25, 0.3) is 55.3 Å². The molecular weight excluding hydrogens is 619 g/mol. The molecule has 1 aliphatic carbocycles. The Balaban J connectivity index is 1.16. The van der Waals surface area contributed by atoms with Gasteiger partial charge in [0.15, 0.2) is 0 Å². The topological polar surface area (TPSA) is 12.5 Å². The Morgan fingerprint density at radius 3 is 1.86 bits per heavy atom. The minimum atomic E-state index is -0.113. The van der Waals surface area contributed by atoms with Crippen molar-refractivity contribution in [2.45, 2.75) is 19.3 Å². The predicted molar refractivity (Wildman–Crippen MR) is 213 cm³/mol. The first-order chi connectivity index (χ1) is 25.0. The highest BCUT2D eigenvalue weighted by atomic mass is 16.5. The van der Waals surface area contributed by atoms with E-state index in [4.69, 9.17) is 4.74 Å². The third kappa shape index (κ3) is 4.64. The van der Waals surface area contributed by atoms with E-state index in [2.05, 4.69) is 195 Å². The van der Waals surface area contributed by atoms with Gasteiger partial charge in [-0.2, -0.15) is 0 Å². The van der Waals surface area contributed by atoms with Crippen molar-refractivity contribution in [1.82, 2.24) is 0 Å². The van der Waals surface area contributed by atoms with Crippen molar-refractivity contribution in [2.75, 3.05) is 4.90 Å². The van der Waals surface area contributed by atoms with Crippen LogP contribution in [-0.4, -0.2) is 0 Å². The Kier molecular flexibility index (Phi) is 6.56. The number of para-hydroxylation sites is 1. The maximum Gasteiger partial charge on any atom is 0.137 e. The molecule has 2 heteroatoms. The molecule has 0 saturated carbocycles. The molecule has 8 aromatic rings. The monoisotopic (exact) mass is 653 g/mol. The summed E-state index contributed by atoms with van der Waals surface area (Å²) in [4.78, 5) is 2.37. The van der Waals surface area contributed by atoms with Crippen LogP contribution >= 0.6 is 0 Å². The number of ether oxygens (including phenoxy) is 1. The number of hydrogen-bond donors (Lipinski definition) is 0. The van der Waals surface area contributed by atoms with E-state index in [0.717, 1.165) is 39.7 Å². The molecule has 8 aromatic carbocycles. The molecular formula is C49H35NO. The van der Waals surface area contributed by atoms with Crippen LogP contribution in [0.1, 0.15) is 25.0 Å². The first-order valence-electron chi connectivity index (χ1n) is 17.7. The lowest BCUT2D eigenvalue weighted by Crippen LogP contribution is -2.16. The molecule has 0 amide bonds. The van der Waals surface area contributed by atoms with Crippen LogP contribution in [0, 0.1) is 0 Å². The van der Waals surface area contributed by atoms with Gasteiger partial charge in [0.05, 0.1) is 0 Å². The van der Waals surface area contributed by atoms with Crippen molar-refractivity contribution >= 4 is 27.8 Å². The van der Waals surface area contributed by atoms with Gasteiger partial charge in [-0.3, -0.25) is 0 Å². The van der Waals surface area contributed by atoms with Crippen molar-refractivity contribution in [3.63, 3.8) is 0 Å². The van der Waals surface area contributed by atoms with E-state index >= 15 is 0 Å². The molecule has 0 saturated heterocycles. The molecule has 51 heavy (non-hydrogen) atoms. The highest BCUT2D eigenvalue weighted by Gasteiger charge is 2.36. The van der Waals surface area contributed by atoms with Crippen LogP contribution in [0.5, 0.6) is 11.5 Å². The Morgan fingerprint density at radius 1 is 0.412 bits per heavy atom. The fraction of sp³-hybridized carbons (Fsp3) is 0.0612. The van der Waals surface area contributed by atoms with Gasteiger partial charge in [-0.15, -0.1) is 0 Å². The van der Waals surface area contributed by atoms with Crippen molar-refractivity contribution in [1.29, 1.82) is 0 Å². The van der Waals surface area contributed by atoms with Crippen LogP contribution in [0.15, 0.2) is 176 Å². The van der Waals surface area contributed by atoms with Gasteiger partial charge in [-0.05, 0) is 92.2 Å². The zero-order valence-corrected chi connectivity index (χ0v) is 28.6. The third-order valence-electron chi connectivity index (χ3n) is 10.9. The van der Waals surface area contributed by atoms with E-state index in [0.29, 0.717) is 0 Å². The zero-order valence-electron chi connectivity index (χ0n) is 28.6. The van der Waals surface area contributed by atoms with Crippen molar-refractivity contribution < 1.29 is 4.74 Å². The second-order valence-electron chi connectivity index (χ2n) is 14.1. The van der Waals surface area contributed by atoms with Gasteiger partial charge < -0.3 is 9.64 Å². The molecule has 0 radical (unpaired) electrons. The second-order valence-corrected chi connectivity index (χ2v) is 14.1. The van der Waals surface area contributed by atoms with E-state index in [1.54, 1.807) is 0 Å². The SMILES string of the molecule is CC1(C)c2ccccc2-c2ccc(N(c3ccc(-c4ccccc4)cc3)c3ccc4c(c3)Oc3ccccc3-c3c-4ccc4ccccc34)cc21. The summed E-state index contributed by atoms with van der Waals surface area (Å²) in [6.45, 7) is 4.69. The Labute approximate surface area is 298 Å². The van der Waals surface area contributed by atoms with Gasteiger partial charge in [0.2, 0.25) is 0 Å². The number of benzene rings is 8. The molecule has 0 N–H and O–H groups in total.